The Hall–Kier alpha value is -1.84. The van der Waals surface area contributed by atoms with Gasteiger partial charge in [-0.15, -0.1) is 0 Å². The first-order chi connectivity index (χ1) is 7.18. The van der Waals surface area contributed by atoms with Gasteiger partial charge in [-0.05, 0) is 19.1 Å². The minimum Gasteiger partial charge on any atom is -0.300 e. The van der Waals surface area contributed by atoms with Crippen molar-refractivity contribution in [1.29, 1.82) is 0 Å². The lowest BCUT2D eigenvalue weighted by molar-refractivity contribution is -0.117. The molecule has 0 aliphatic carbocycles. The number of nitrogens with one attached hydrogen (secondary N) is 1. The maximum absolute atomic E-state index is 11.8. The van der Waals surface area contributed by atoms with Crippen LogP contribution in [0.15, 0.2) is 29.1 Å². The summed E-state index contributed by atoms with van der Waals surface area (Å²) in [5, 5.41) is 3.64. The molecule has 78 valence electrons. The fraction of sp³-hybridized carbons (Fsp3) is 0.273. The molecule has 4 heteroatoms. The molecule has 0 amide bonds. The lowest BCUT2D eigenvalue weighted by Crippen LogP contribution is -2.17. The predicted octanol–water partition coefficient (Wildman–Crippen LogP) is 1.31. The molecular formula is C11H12N2O2. The monoisotopic (exact) mass is 204 g/mol. The van der Waals surface area contributed by atoms with Crippen LogP contribution in [0.4, 0.5) is 0 Å². The average molecular weight is 204 g/mol. The predicted molar refractivity (Wildman–Crippen MR) is 57.9 cm³/mol. The Kier molecular flexibility index (Phi) is 2.41. The second-order valence-electron chi connectivity index (χ2n) is 3.57. The zero-order chi connectivity index (χ0) is 10.8. The van der Waals surface area contributed by atoms with Crippen molar-refractivity contribution in [2.24, 2.45) is 0 Å². The van der Waals surface area contributed by atoms with Gasteiger partial charge in [-0.2, -0.15) is 0 Å². The highest BCUT2D eigenvalue weighted by Crippen LogP contribution is 2.05. The van der Waals surface area contributed by atoms with E-state index in [1.807, 2.05) is 18.2 Å². The molecule has 0 aliphatic rings. The molecule has 0 spiro atoms. The summed E-state index contributed by atoms with van der Waals surface area (Å²) in [5.41, 5.74) is 0.748. The second kappa shape index (κ2) is 3.73. The van der Waals surface area contributed by atoms with Crippen LogP contribution in [-0.4, -0.2) is 15.6 Å². The zero-order valence-corrected chi connectivity index (χ0v) is 8.49. The van der Waals surface area contributed by atoms with E-state index in [4.69, 9.17) is 0 Å². The number of ketones is 1. The number of hydrogen-bond donors (Lipinski definition) is 1. The molecule has 0 bridgehead atoms. The van der Waals surface area contributed by atoms with Crippen LogP contribution in [0.2, 0.25) is 0 Å². The van der Waals surface area contributed by atoms with Gasteiger partial charge in [0.1, 0.15) is 5.78 Å². The molecule has 4 nitrogen and oxygen atoms in total. The smallest absolute Gasteiger partial charge is 0.274 e. The number of aryl methyl sites for hydroxylation is 1. The molecule has 0 radical (unpaired) electrons. The van der Waals surface area contributed by atoms with Gasteiger partial charge in [0.25, 0.3) is 5.56 Å². The Bertz CT molecular complexity index is 551. The van der Waals surface area contributed by atoms with Crippen molar-refractivity contribution in [2.45, 2.75) is 19.9 Å². The van der Waals surface area contributed by atoms with Gasteiger partial charge in [-0.1, -0.05) is 12.1 Å². The van der Waals surface area contributed by atoms with E-state index < -0.39 is 0 Å². The Morgan fingerprint density at radius 3 is 2.80 bits per heavy atom. The molecule has 1 N–H and O–H groups in total. The van der Waals surface area contributed by atoms with E-state index in [0.29, 0.717) is 18.4 Å². The first-order valence-corrected chi connectivity index (χ1v) is 4.85. The molecule has 1 aromatic heterocycles. The Labute approximate surface area is 86.5 Å². The fourth-order valence-electron chi connectivity index (χ4n) is 1.54. The lowest BCUT2D eigenvalue weighted by Gasteiger charge is -1.97. The number of carbonyl (C=O) groups is 1. The van der Waals surface area contributed by atoms with Crippen molar-refractivity contribution in [3.63, 3.8) is 0 Å². The molecule has 2 rings (SSSR count). The van der Waals surface area contributed by atoms with E-state index in [9.17, 15) is 9.59 Å². The molecule has 0 fully saturated rings. The molecule has 1 aromatic carbocycles. The molecule has 0 saturated carbocycles. The van der Waals surface area contributed by atoms with Gasteiger partial charge in [-0.25, -0.2) is 0 Å². The highest BCUT2D eigenvalue weighted by Gasteiger charge is 2.05. The highest BCUT2D eigenvalue weighted by atomic mass is 16.1. The van der Waals surface area contributed by atoms with Crippen LogP contribution in [0.25, 0.3) is 10.9 Å². The third-order valence-electron chi connectivity index (χ3n) is 2.35. The van der Waals surface area contributed by atoms with E-state index in [1.165, 1.54) is 11.6 Å². The number of rotatable bonds is 3. The minimum atomic E-state index is -0.0631. The van der Waals surface area contributed by atoms with E-state index in [0.717, 1.165) is 5.52 Å². The normalized spacial score (nSPS) is 10.7. The van der Waals surface area contributed by atoms with Crippen LogP contribution in [-0.2, 0) is 11.3 Å². The van der Waals surface area contributed by atoms with Crippen LogP contribution < -0.4 is 5.56 Å². The van der Waals surface area contributed by atoms with E-state index in [1.54, 1.807) is 6.07 Å². The SMILES string of the molecule is CC(=O)CCn1[nH]c2ccccc2c1=O. The van der Waals surface area contributed by atoms with Gasteiger partial charge >= 0.3 is 0 Å². The van der Waals surface area contributed by atoms with Gasteiger partial charge in [0.15, 0.2) is 0 Å². The van der Waals surface area contributed by atoms with Crippen LogP contribution in [0.1, 0.15) is 13.3 Å². The lowest BCUT2D eigenvalue weighted by atomic mass is 10.2. The summed E-state index contributed by atoms with van der Waals surface area (Å²) in [6.07, 6.45) is 0.382. The Balaban J connectivity index is 2.40. The Morgan fingerprint density at radius 2 is 2.13 bits per heavy atom. The van der Waals surface area contributed by atoms with E-state index >= 15 is 0 Å². The largest absolute Gasteiger partial charge is 0.300 e. The summed E-state index contributed by atoms with van der Waals surface area (Å²) in [4.78, 5) is 22.6. The summed E-state index contributed by atoms with van der Waals surface area (Å²) in [6.45, 7) is 1.94. The van der Waals surface area contributed by atoms with Gasteiger partial charge in [0.05, 0.1) is 10.9 Å². The minimum absolute atomic E-state index is 0.0631. The second-order valence-corrected chi connectivity index (χ2v) is 3.57. The topological polar surface area (TPSA) is 54.9 Å². The van der Waals surface area contributed by atoms with Crippen LogP contribution >= 0.6 is 0 Å². The van der Waals surface area contributed by atoms with Crippen molar-refractivity contribution in [3.05, 3.63) is 34.6 Å². The third-order valence-corrected chi connectivity index (χ3v) is 2.35. The van der Waals surface area contributed by atoms with Crippen LogP contribution in [0.5, 0.6) is 0 Å². The zero-order valence-electron chi connectivity index (χ0n) is 8.49. The van der Waals surface area contributed by atoms with Gasteiger partial charge in [-0.3, -0.25) is 19.4 Å². The molecule has 0 atom stereocenters. The molecule has 0 unspecified atom stereocenters. The average Bonchev–Trinajstić information content (AvgIpc) is 2.54. The molecule has 15 heavy (non-hydrogen) atoms. The van der Waals surface area contributed by atoms with Crippen molar-refractivity contribution >= 4 is 16.7 Å². The van der Waals surface area contributed by atoms with Crippen molar-refractivity contribution in [1.82, 2.24) is 9.78 Å². The van der Waals surface area contributed by atoms with Crippen molar-refractivity contribution < 1.29 is 4.79 Å². The summed E-state index contributed by atoms with van der Waals surface area (Å²) in [7, 11) is 0. The fourth-order valence-corrected chi connectivity index (χ4v) is 1.54. The number of fused-ring (bicyclic) bond motifs is 1. The van der Waals surface area contributed by atoms with E-state index in [2.05, 4.69) is 5.10 Å². The Morgan fingerprint density at radius 1 is 1.40 bits per heavy atom. The molecule has 2 aromatic rings. The summed E-state index contributed by atoms with van der Waals surface area (Å²) in [6, 6.07) is 7.32. The van der Waals surface area contributed by atoms with Gasteiger partial charge in [0.2, 0.25) is 0 Å². The van der Waals surface area contributed by atoms with Crippen molar-refractivity contribution in [3.8, 4) is 0 Å². The quantitative estimate of drug-likeness (QED) is 0.819. The number of para-hydroxylation sites is 1. The molecule has 0 saturated heterocycles. The number of aromatic nitrogens is 2. The number of Topliss-reactive ketones (excluding diaryl/α,β-unsaturated/α-hetero) is 1. The number of hydrogen-bond acceptors (Lipinski definition) is 2. The number of nitrogens with zero attached hydrogens (tertiary/aromatic N) is 1. The number of aromatic amines is 1. The van der Waals surface area contributed by atoms with Crippen molar-refractivity contribution in [2.75, 3.05) is 0 Å². The summed E-state index contributed by atoms with van der Waals surface area (Å²) >= 11 is 0. The number of H-pyrrole nitrogens is 1. The number of carbonyl (C=O) groups excluding carboxylic acids is 1. The maximum atomic E-state index is 11.8. The summed E-state index contributed by atoms with van der Waals surface area (Å²) < 4.78 is 1.48. The molecule has 0 aliphatic heterocycles. The van der Waals surface area contributed by atoms with Gasteiger partial charge < -0.3 is 0 Å². The first kappa shape index (κ1) is 9.71. The summed E-state index contributed by atoms with van der Waals surface area (Å²) in [5.74, 6) is 0.0838. The molecule has 1 heterocycles. The highest BCUT2D eigenvalue weighted by molar-refractivity contribution is 5.78. The third kappa shape index (κ3) is 1.83. The molecular weight excluding hydrogens is 192 g/mol. The van der Waals surface area contributed by atoms with Crippen LogP contribution in [0, 0.1) is 0 Å². The van der Waals surface area contributed by atoms with E-state index in [-0.39, 0.29) is 11.3 Å². The number of benzene rings is 1. The van der Waals surface area contributed by atoms with Crippen LogP contribution in [0.3, 0.4) is 0 Å². The maximum Gasteiger partial charge on any atom is 0.274 e. The van der Waals surface area contributed by atoms with Gasteiger partial charge in [0, 0.05) is 13.0 Å². The standard InChI is InChI=1S/C11H12N2O2/c1-8(14)6-7-13-11(15)9-4-2-3-5-10(9)12-13/h2-5,12H,6-7H2,1H3. The first-order valence-electron chi connectivity index (χ1n) is 4.85.